The molecule has 2 heteroatoms. The van der Waals surface area contributed by atoms with Gasteiger partial charge in [-0.2, -0.15) is 0 Å². The van der Waals surface area contributed by atoms with Crippen LogP contribution in [0.2, 0.25) is 0 Å². The molecule has 1 N–H and O–H groups in total. The zero-order valence-corrected chi connectivity index (χ0v) is 10.4. The van der Waals surface area contributed by atoms with Crippen LogP contribution < -0.4 is 0 Å². The molecule has 1 aromatic rings. The lowest BCUT2D eigenvalue weighted by molar-refractivity contribution is 0.275. The van der Waals surface area contributed by atoms with Gasteiger partial charge in [-0.25, -0.2) is 0 Å². The molecule has 0 bridgehead atoms. The maximum Gasteiger partial charge on any atom is 0.112 e. The lowest BCUT2D eigenvalue weighted by Crippen LogP contribution is -1.99. The third-order valence-electron chi connectivity index (χ3n) is 3.06. The van der Waals surface area contributed by atoms with E-state index in [1.807, 2.05) is 6.92 Å². The van der Waals surface area contributed by atoms with Crippen LogP contribution >= 0.6 is 0 Å². The van der Waals surface area contributed by atoms with E-state index in [0.29, 0.717) is 11.8 Å². The van der Waals surface area contributed by atoms with Crippen LogP contribution in [0.25, 0.3) is 0 Å². The molecule has 15 heavy (non-hydrogen) atoms. The summed E-state index contributed by atoms with van der Waals surface area (Å²) in [7, 11) is 0. The fourth-order valence-electron chi connectivity index (χ4n) is 2.13. The average Bonchev–Trinajstić information content (AvgIpc) is 2.53. The first-order chi connectivity index (χ1) is 7.02. The van der Waals surface area contributed by atoms with Crippen molar-refractivity contribution in [2.24, 2.45) is 0 Å². The largest absolute Gasteiger partial charge is 0.465 e. The molecule has 1 heterocycles. The van der Waals surface area contributed by atoms with Crippen LogP contribution in [0.1, 0.15) is 68.6 Å². The smallest absolute Gasteiger partial charge is 0.112 e. The Morgan fingerprint density at radius 3 is 2.27 bits per heavy atom. The van der Waals surface area contributed by atoms with Gasteiger partial charge in [0, 0.05) is 17.0 Å². The molecule has 1 atom stereocenters. The highest BCUT2D eigenvalue weighted by molar-refractivity contribution is 5.36. The van der Waals surface area contributed by atoms with Crippen molar-refractivity contribution >= 4 is 0 Å². The van der Waals surface area contributed by atoms with Gasteiger partial charge in [-0.15, -0.1) is 0 Å². The van der Waals surface area contributed by atoms with E-state index in [4.69, 9.17) is 4.42 Å². The van der Waals surface area contributed by atoms with E-state index in [0.717, 1.165) is 23.5 Å². The Balaban J connectivity index is 3.24. The average molecular weight is 210 g/mol. The van der Waals surface area contributed by atoms with Gasteiger partial charge < -0.3 is 9.52 Å². The second kappa shape index (κ2) is 4.84. The number of furan rings is 1. The van der Waals surface area contributed by atoms with Gasteiger partial charge in [0.25, 0.3) is 0 Å². The number of aliphatic hydroxyl groups is 1. The summed E-state index contributed by atoms with van der Waals surface area (Å²) < 4.78 is 5.79. The maximum atomic E-state index is 9.45. The molecule has 0 spiro atoms. The summed E-state index contributed by atoms with van der Waals surface area (Å²) in [6, 6.07) is 0. The summed E-state index contributed by atoms with van der Waals surface area (Å²) >= 11 is 0. The van der Waals surface area contributed by atoms with Gasteiger partial charge in [0.15, 0.2) is 0 Å². The highest BCUT2D eigenvalue weighted by Crippen LogP contribution is 2.34. The first-order valence-electron chi connectivity index (χ1n) is 5.75. The Morgan fingerprint density at radius 1 is 1.27 bits per heavy atom. The minimum Gasteiger partial charge on any atom is -0.465 e. The summed E-state index contributed by atoms with van der Waals surface area (Å²) in [5, 5.41) is 9.45. The molecule has 0 saturated carbocycles. The summed E-state index contributed by atoms with van der Waals surface area (Å²) in [6.07, 6.45) is 1.04. The maximum absolute atomic E-state index is 9.45. The highest BCUT2D eigenvalue weighted by atomic mass is 16.3. The summed E-state index contributed by atoms with van der Waals surface area (Å²) in [5.41, 5.74) is 2.20. The molecule has 0 amide bonds. The lowest BCUT2D eigenvalue weighted by Gasteiger charge is -2.09. The number of hydrogen-bond acceptors (Lipinski definition) is 2. The van der Waals surface area contributed by atoms with Gasteiger partial charge in [0.1, 0.15) is 11.5 Å². The van der Waals surface area contributed by atoms with Gasteiger partial charge in [-0.05, 0) is 19.3 Å². The summed E-state index contributed by atoms with van der Waals surface area (Å²) in [4.78, 5) is 0. The Bertz CT molecular complexity index is 324. The molecule has 0 radical (unpaired) electrons. The number of hydrogen-bond donors (Lipinski definition) is 1. The molecule has 0 fully saturated rings. The normalized spacial score (nSPS) is 13.5. The standard InChI is InChI=1S/C13H22O2/c1-6-9(4)13-11(7-14)12(8(2)3)10(5)15-13/h8-9,14H,6-7H2,1-5H3. The van der Waals surface area contributed by atoms with Crippen molar-refractivity contribution in [2.75, 3.05) is 0 Å². The molecule has 0 aromatic carbocycles. The van der Waals surface area contributed by atoms with Crippen LogP contribution in [-0.2, 0) is 6.61 Å². The second-order valence-corrected chi connectivity index (χ2v) is 4.54. The van der Waals surface area contributed by atoms with E-state index in [-0.39, 0.29) is 6.61 Å². The molecule has 0 saturated heterocycles. The topological polar surface area (TPSA) is 33.4 Å². The van der Waals surface area contributed by atoms with Crippen molar-refractivity contribution < 1.29 is 9.52 Å². The van der Waals surface area contributed by atoms with Crippen molar-refractivity contribution in [3.8, 4) is 0 Å². The minimum atomic E-state index is 0.0878. The monoisotopic (exact) mass is 210 g/mol. The molecule has 1 aromatic heterocycles. The van der Waals surface area contributed by atoms with Gasteiger partial charge in [0.2, 0.25) is 0 Å². The van der Waals surface area contributed by atoms with Crippen LogP contribution in [-0.4, -0.2) is 5.11 Å². The molecular weight excluding hydrogens is 188 g/mol. The van der Waals surface area contributed by atoms with Gasteiger partial charge in [-0.3, -0.25) is 0 Å². The van der Waals surface area contributed by atoms with Gasteiger partial charge in [0.05, 0.1) is 6.61 Å². The highest BCUT2D eigenvalue weighted by Gasteiger charge is 2.21. The minimum absolute atomic E-state index is 0.0878. The molecule has 1 rings (SSSR count). The summed E-state index contributed by atoms with van der Waals surface area (Å²) in [5.74, 6) is 2.73. The number of rotatable bonds is 4. The lowest BCUT2D eigenvalue weighted by atomic mass is 9.94. The second-order valence-electron chi connectivity index (χ2n) is 4.54. The van der Waals surface area contributed by atoms with Gasteiger partial charge >= 0.3 is 0 Å². The van der Waals surface area contributed by atoms with Crippen LogP contribution in [0.4, 0.5) is 0 Å². The molecule has 1 unspecified atom stereocenters. The fourth-order valence-corrected chi connectivity index (χ4v) is 2.13. The van der Waals surface area contributed by atoms with E-state index < -0.39 is 0 Å². The SMILES string of the molecule is CCC(C)c1oc(C)c(C(C)C)c1CO. The molecule has 0 aliphatic heterocycles. The van der Waals surface area contributed by atoms with E-state index in [1.54, 1.807) is 0 Å². The number of aliphatic hydroxyl groups excluding tert-OH is 1. The van der Waals surface area contributed by atoms with Crippen molar-refractivity contribution in [1.29, 1.82) is 0 Å². The molecule has 0 aliphatic rings. The van der Waals surface area contributed by atoms with Gasteiger partial charge in [-0.1, -0.05) is 27.7 Å². The van der Waals surface area contributed by atoms with Crippen molar-refractivity contribution in [1.82, 2.24) is 0 Å². The van der Waals surface area contributed by atoms with Crippen LogP contribution in [0.5, 0.6) is 0 Å². The predicted octanol–water partition coefficient (Wildman–Crippen LogP) is 3.72. The summed E-state index contributed by atoms with van der Waals surface area (Å²) in [6.45, 7) is 10.6. The molecule has 86 valence electrons. The first-order valence-corrected chi connectivity index (χ1v) is 5.75. The zero-order chi connectivity index (χ0) is 11.6. The molecule has 0 aliphatic carbocycles. The molecule has 2 nitrogen and oxygen atoms in total. The van der Waals surface area contributed by atoms with E-state index in [1.165, 1.54) is 5.56 Å². The number of aryl methyl sites for hydroxylation is 1. The van der Waals surface area contributed by atoms with Crippen LogP contribution in [0, 0.1) is 6.92 Å². The Morgan fingerprint density at radius 2 is 1.87 bits per heavy atom. The Hall–Kier alpha value is -0.760. The van der Waals surface area contributed by atoms with Crippen molar-refractivity contribution in [2.45, 2.75) is 59.5 Å². The van der Waals surface area contributed by atoms with E-state index >= 15 is 0 Å². The van der Waals surface area contributed by atoms with Crippen molar-refractivity contribution in [3.05, 3.63) is 22.6 Å². The Kier molecular flexibility index (Phi) is 3.97. The van der Waals surface area contributed by atoms with E-state index in [2.05, 4.69) is 27.7 Å². The third kappa shape index (κ3) is 2.25. The Labute approximate surface area is 92.3 Å². The van der Waals surface area contributed by atoms with Crippen LogP contribution in [0.3, 0.4) is 0 Å². The third-order valence-corrected chi connectivity index (χ3v) is 3.06. The van der Waals surface area contributed by atoms with Crippen LogP contribution in [0.15, 0.2) is 4.42 Å². The first kappa shape index (κ1) is 12.3. The van der Waals surface area contributed by atoms with E-state index in [9.17, 15) is 5.11 Å². The fraction of sp³-hybridized carbons (Fsp3) is 0.692. The predicted molar refractivity (Wildman–Crippen MR) is 62.2 cm³/mol. The molecular formula is C13H22O2. The quantitative estimate of drug-likeness (QED) is 0.821. The van der Waals surface area contributed by atoms with Crippen molar-refractivity contribution in [3.63, 3.8) is 0 Å². The zero-order valence-electron chi connectivity index (χ0n) is 10.4.